The predicted molar refractivity (Wildman–Crippen MR) is 91.7 cm³/mol. The molecule has 2 heterocycles. The lowest BCUT2D eigenvalue weighted by atomic mass is 10.3. The Labute approximate surface area is 146 Å². The Kier molecular flexibility index (Phi) is 5.92. The first-order chi connectivity index (χ1) is 11.7. The zero-order valence-corrected chi connectivity index (χ0v) is 14.9. The van der Waals surface area contributed by atoms with E-state index in [0.29, 0.717) is 42.6 Å². The predicted octanol–water partition coefficient (Wildman–Crippen LogP) is 2.83. The van der Waals surface area contributed by atoms with Crippen LogP contribution in [0, 0.1) is 5.82 Å². The summed E-state index contributed by atoms with van der Waals surface area (Å²) in [4.78, 5) is 21.9. The highest BCUT2D eigenvalue weighted by Gasteiger charge is 2.29. The van der Waals surface area contributed by atoms with Crippen molar-refractivity contribution >= 4 is 17.7 Å². The largest absolute Gasteiger partial charge is 0.470 e. The van der Waals surface area contributed by atoms with Crippen LogP contribution in [0.15, 0.2) is 6.33 Å². The van der Waals surface area contributed by atoms with E-state index >= 15 is 0 Å². The van der Waals surface area contributed by atoms with Gasteiger partial charge in [-0.3, -0.25) is 4.79 Å². The van der Waals surface area contributed by atoms with Crippen LogP contribution < -0.4 is 4.74 Å². The highest BCUT2D eigenvalue weighted by Crippen LogP contribution is 2.30. The van der Waals surface area contributed by atoms with E-state index in [2.05, 4.69) is 9.97 Å². The van der Waals surface area contributed by atoms with Gasteiger partial charge in [0.05, 0.1) is 18.0 Å². The Balaban J connectivity index is 1.49. The van der Waals surface area contributed by atoms with Crippen LogP contribution in [0.3, 0.4) is 0 Å². The fourth-order valence-electron chi connectivity index (χ4n) is 3.26. The molecular formula is C17H24FN3O2S. The first-order valence-electron chi connectivity index (χ1n) is 8.72. The summed E-state index contributed by atoms with van der Waals surface area (Å²) in [7, 11) is 0. The molecular weight excluding hydrogens is 329 g/mol. The van der Waals surface area contributed by atoms with E-state index in [9.17, 15) is 9.18 Å². The summed E-state index contributed by atoms with van der Waals surface area (Å²) in [5.74, 6) is 0.220. The molecule has 1 atom stereocenters. The first-order valence-corrected chi connectivity index (χ1v) is 9.77. The Morgan fingerprint density at radius 1 is 1.38 bits per heavy atom. The molecule has 1 unspecified atom stereocenters. The van der Waals surface area contributed by atoms with Gasteiger partial charge >= 0.3 is 0 Å². The third-order valence-corrected chi connectivity index (χ3v) is 6.04. The molecule has 1 saturated heterocycles. The fourth-order valence-corrected chi connectivity index (χ4v) is 4.49. The van der Waals surface area contributed by atoms with Crippen molar-refractivity contribution in [2.45, 2.75) is 56.8 Å². The number of rotatable bonds is 6. The van der Waals surface area contributed by atoms with Crippen LogP contribution in [-0.2, 0) is 11.2 Å². The van der Waals surface area contributed by atoms with E-state index in [-0.39, 0.29) is 17.9 Å². The van der Waals surface area contributed by atoms with E-state index in [1.54, 1.807) is 11.8 Å². The van der Waals surface area contributed by atoms with Gasteiger partial charge in [0, 0.05) is 18.2 Å². The van der Waals surface area contributed by atoms with Crippen molar-refractivity contribution < 1.29 is 13.9 Å². The quantitative estimate of drug-likeness (QED) is 0.787. The molecule has 0 N–H and O–H groups in total. The van der Waals surface area contributed by atoms with Gasteiger partial charge in [-0.05, 0) is 19.3 Å². The number of carbonyl (C=O) groups excluding carboxylic acids is 1. The van der Waals surface area contributed by atoms with Crippen molar-refractivity contribution in [2.75, 3.05) is 18.8 Å². The number of amides is 1. The van der Waals surface area contributed by atoms with Crippen molar-refractivity contribution in [2.24, 2.45) is 0 Å². The topological polar surface area (TPSA) is 55.3 Å². The second-order valence-corrected chi connectivity index (χ2v) is 7.67. The third kappa shape index (κ3) is 4.18. The summed E-state index contributed by atoms with van der Waals surface area (Å²) in [6.45, 7) is 3.02. The Hall–Kier alpha value is -1.37. The van der Waals surface area contributed by atoms with Gasteiger partial charge in [0.1, 0.15) is 12.4 Å². The number of carbonyl (C=O) groups is 1. The first kappa shape index (κ1) is 17.5. The van der Waals surface area contributed by atoms with Gasteiger partial charge in [0.15, 0.2) is 0 Å². The number of aryl methyl sites for hydroxylation is 1. The molecule has 7 heteroatoms. The standard InChI is InChI=1S/C17H24FN3O2S/c1-2-14-16(18)17(20-11-19-14)23-12-7-8-21(9-12)15(22)10-24-13-5-3-4-6-13/h11-13H,2-10H2,1H3. The molecule has 1 aromatic heterocycles. The molecule has 132 valence electrons. The average molecular weight is 353 g/mol. The summed E-state index contributed by atoms with van der Waals surface area (Å²) in [6.07, 6.45) is 7.38. The monoisotopic (exact) mass is 353 g/mol. The van der Waals surface area contributed by atoms with Gasteiger partial charge < -0.3 is 9.64 Å². The highest BCUT2D eigenvalue weighted by atomic mass is 32.2. The SMILES string of the molecule is CCc1ncnc(OC2CCN(C(=O)CSC3CCCC3)C2)c1F. The molecule has 3 rings (SSSR count). The molecule has 0 spiro atoms. The summed E-state index contributed by atoms with van der Waals surface area (Å²) in [5, 5.41) is 0.645. The lowest BCUT2D eigenvalue weighted by molar-refractivity contribution is -0.127. The maximum absolute atomic E-state index is 14.1. The maximum atomic E-state index is 14.1. The van der Waals surface area contributed by atoms with Gasteiger partial charge in [-0.25, -0.2) is 4.98 Å². The highest BCUT2D eigenvalue weighted by molar-refractivity contribution is 8.00. The van der Waals surface area contributed by atoms with Gasteiger partial charge in [-0.15, -0.1) is 11.8 Å². The summed E-state index contributed by atoms with van der Waals surface area (Å²) in [5.41, 5.74) is 0.360. The molecule has 24 heavy (non-hydrogen) atoms. The van der Waals surface area contributed by atoms with Crippen LogP contribution in [0.2, 0.25) is 0 Å². The minimum atomic E-state index is -0.485. The Bertz CT molecular complexity index is 581. The van der Waals surface area contributed by atoms with Crippen LogP contribution in [0.4, 0.5) is 4.39 Å². The zero-order valence-electron chi connectivity index (χ0n) is 14.0. The molecule has 2 fully saturated rings. The van der Waals surface area contributed by atoms with E-state index in [4.69, 9.17) is 4.74 Å². The van der Waals surface area contributed by atoms with E-state index in [1.165, 1.54) is 32.0 Å². The summed E-state index contributed by atoms with van der Waals surface area (Å²) >= 11 is 1.78. The van der Waals surface area contributed by atoms with Crippen LogP contribution in [0.1, 0.15) is 44.7 Å². The third-order valence-electron chi connectivity index (χ3n) is 4.69. The number of halogens is 1. The summed E-state index contributed by atoms with van der Waals surface area (Å²) in [6, 6.07) is 0. The number of hydrogen-bond acceptors (Lipinski definition) is 5. The van der Waals surface area contributed by atoms with Crippen LogP contribution in [0.5, 0.6) is 5.88 Å². The maximum Gasteiger partial charge on any atom is 0.254 e. The molecule has 1 aliphatic carbocycles. The van der Waals surface area contributed by atoms with Crippen molar-refractivity contribution in [3.8, 4) is 5.88 Å². The lowest BCUT2D eigenvalue weighted by Crippen LogP contribution is -2.32. The van der Waals surface area contributed by atoms with Gasteiger partial charge in [0.2, 0.25) is 11.7 Å². The van der Waals surface area contributed by atoms with Gasteiger partial charge in [-0.2, -0.15) is 9.37 Å². The lowest BCUT2D eigenvalue weighted by Gasteiger charge is -2.18. The fraction of sp³-hybridized carbons (Fsp3) is 0.706. The number of likely N-dealkylation sites (tertiary alicyclic amines) is 1. The van der Waals surface area contributed by atoms with Crippen molar-refractivity contribution in [3.63, 3.8) is 0 Å². The molecule has 0 radical (unpaired) electrons. The van der Waals surface area contributed by atoms with Gasteiger partial charge in [0.25, 0.3) is 5.88 Å². The van der Waals surface area contributed by atoms with E-state index < -0.39 is 5.82 Å². The molecule has 0 aromatic carbocycles. The van der Waals surface area contributed by atoms with Gasteiger partial charge in [-0.1, -0.05) is 19.8 Å². The Morgan fingerprint density at radius 3 is 2.92 bits per heavy atom. The molecule has 5 nitrogen and oxygen atoms in total. The van der Waals surface area contributed by atoms with Crippen molar-refractivity contribution in [1.82, 2.24) is 14.9 Å². The average Bonchev–Trinajstić information content (AvgIpc) is 3.26. The normalized spacial score (nSPS) is 21.4. The molecule has 2 aliphatic rings. The molecule has 0 bridgehead atoms. The van der Waals surface area contributed by atoms with Crippen LogP contribution in [-0.4, -0.2) is 51.0 Å². The van der Waals surface area contributed by atoms with Crippen molar-refractivity contribution in [1.29, 1.82) is 0 Å². The van der Waals surface area contributed by atoms with Crippen LogP contribution >= 0.6 is 11.8 Å². The number of aromatic nitrogens is 2. The van der Waals surface area contributed by atoms with E-state index in [0.717, 1.165) is 0 Å². The second kappa shape index (κ2) is 8.14. The zero-order chi connectivity index (χ0) is 16.9. The number of nitrogens with zero attached hydrogens (tertiary/aromatic N) is 3. The second-order valence-electron chi connectivity index (χ2n) is 6.38. The number of ether oxygens (including phenoxy) is 1. The molecule has 1 aromatic rings. The van der Waals surface area contributed by atoms with E-state index in [1.807, 2.05) is 11.8 Å². The molecule has 1 amide bonds. The summed E-state index contributed by atoms with van der Waals surface area (Å²) < 4.78 is 19.8. The Morgan fingerprint density at radius 2 is 2.17 bits per heavy atom. The van der Waals surface area contributed by atoms with Crippen molar-refractivity contribution in [3.05, 3.63) is 17.8 Å². The smallest absolute Gasteiger partial charge is 0.254 e. The minimum absolute atomic E-state index is 0.00137. The minimum Gasteiger partial charge on any atom is -0.470 e. The van der Waals surface area contributed by atoms with Crippen LogP contribution in [0.25, 0.3) is 0 Å². The molecule has 1 aliphatic heterocycles. The number of hydrogen-bond donors (Lipinski definition) is 0. The molecule has 1 saturated carbocycles. The number of thioether (sulfide) groups is 1.